The van der Waals surface area contributed by atoms with E-state index in [1.807, 2.05) is 19.1 Å². The normalized spacial score (nSPS) is 15.7. The van der Waals surface area contributed by atoms with Gasteiger partial charge in [0.1, 0.15) is 12.0 Å². The molecule has 3 heterocycles. The smallest absolute Gasteiger partial charge is 0.296 e. The van der Waals surface area contributed by atoms with Crippen LogP contribution in [0.5, 0.6) is 0 Å². The fourth-order valence-electron chi connectivity index (χ4n) is 3.06. The molecule has 1 unspecified atom stereocenters. The van der Waals surface area contributed by atoms with Crippen molar-refractivity contribution < 1.29 is 9.84 Å². The minimum atomic E-state index is -0.454. The number of unbranched alkanes of at least 4 members (excludes halogenated alkanes) is 1. The van der Waals surface area contributed by atoms with Crippen molar-refractivity contribution >= 4 is 11.9 Å². The quantitative estimate of drug-likeness (QED) is 0.370. The topological polar surface area (TPSA) is 160 Å². The van der Waals surface area contributed by atoms with Crippen LogP contribution in [0.1, 0.15) is 43.6 Å². The summed E-state index contributed by atoms with van der Waals surface area (Å²) in [4.78, 5) is 23.0. The lowest BCUT2D eigenvalue weighted by atomic mass is 10.2. The van der Waals surface area contributed by atoms with E-state index in [2.05, 4.69) is 37.2 Å². The highest BCUT2D eigenvalue weighted by Crippen LogP contribution is 2.19. The number of aliphatic imine (C=N–C) groups is 2. The first-order valence-corrected chi connectivity index (χ1v) is 10.9. The van der Waals surface area contributed by atoms with Crippen molar-refractivity contribution in [2.45, 2.75) is 52.6 Å². The van der Waals surface area contributed by atoms with E-state index in [9.17, 15) is 5.11 Å². The molecular formula is C22H31N9O2. The molecule has 6 N–H and O–H groups in total. The number of hydrogen-bond donors (Lipinski definition) is 4. The zero-order valence-electron chi connectivity index (χ0n) is 19.0. The second kappa shape index (κ2) is 11.9. The monoisotopic (exact) mass is 453 g/mol. The predicted molar refractivity (Wildman–Crippen MR) is 126 cm³/mol. The summed E-state index contributed by atoms with van der Waals surface area (Å²) in [5.41, 5.74) is 14.3. The van der Waals surface area contributed by atoms with Crippen LogP contribution in [0.2, 0.25) is 0 Å². The van der Waals surface area contributed by atoms with Gasteiger partial charge in [-0.15, -0.1) is 0 Å². The van der Waals surface area contributed by atoms with Crippen molar-refractivity contribution in [3.05, 3.63) is 65.4 Å². The molecule has 1 aliphatic rings. The molecule has 11 nitrogen and oxygen atoms in total. The summed E-state index contributed by atoms with van der Waals surface area (Å²) in [5.74, 6) is 0.298. The second-order valence-corrected chi connectivity index (χ2v) is 7.54. The first-order valence-electron chi connectivity index (χ1n) is 10.9. The van der Waals surface area contributed by atoms with Gasteiger partial charge in [0.15, 0.2) is 11.5 Å². The number of pyridine rings is 1. The van der Waals surface area contributed by atoms with Crippen molar-refractivity contribution in [3.8, 4) is 0 Å². The molecule has 176 valence electrons. The summed E-state index contributed by atoms with van der Waals surface area (Å²) in [6.45, 7) is 5.96. The van der Waals surface area contributed by atoms with E-state index in [1.54, 1.807) is 24.8 Å². The first-order chi connectivity index (χ1) is 16.0. The van der Waals surface area contributed by atoms with E-state index in [1.165, 1.54) is 4.90 Å². The minimum Gasteiger partial charge on any atom is -0.480 e. The molecule has 2 aromatic rings. The lowest BCUT2D eigenvalue weighted by molar-refractivity contribution is 0.0697. The molecule has 33 heavy (non-hydrogen) atoms. The van der Waals surface area contributed by atoms with Gasteiger partial charge in [0.25, 0.3) is 6.02 Å². The molecule has 0 bridgehead atoms. The highest BCUT2D eigenvalue weighted by atomic mass is 16.5. The number of hydrogen-bond acceptors (Lipinski definition) is 9. The molecular weight excluding hydrogens is 422 g/mol. The van der Waals surface area contributed by atoms with Gasteiger partial charge in [-0.25, -0.2) is 4.99 Å². The van der Waals surface area contributed by atoms with Crippen molar-refractivity contribution in [3.63, 3.8) is 0 Å². The van der Waals surface area contributed by atoms with Crippen LogP contribution in [0.25, 0.3) is 0 Å². The molecule has 0 radical (unpaired) electrons. The Balaban J connectivity index is 1.64. The molecule has 0 amide bonds. The SMILES string of the molecule is CCCCOC(C)/N=C1\C(=C(N)N)N=C(O)N1Cc1cnc(CNCc2ccncc2)cn1. The number of rotatable bonds is 11. The maximum Gasteiger partial charge on any atom is 0.296 e. The molecule has 0 spiro atoms. The molecule has 2 aromatic heterocycles. The summed E-state index contributed by atoms with van der Waals surface area (Å²) in [6.07, 6.45) is 8.37. The predicted octanol–water partition coefficient (Wildman–Crippen LogP) is 1.54. The third kappa shape index (κ3) is 6.96. The fourth-order valence-corrected chi connectivity index (χ4v) is 3.06. The van der Waals surface area contributed by atoms with Crippen LogP contribution in [0, 0.1) is 0 Å². The zero-order valence-corrected chi connectivity index (χ0v) is 19.0. The van der Waals surface area contributed by atoms with E-state index in [-0.39, 0.29) is 24.1 Å². The summed E-state index contributed by atoms with van der Waals surface area (Å²) in [6, 6.07) is 3.65. The van der Waals surface area contributed by atoms with Gasteiger partial charge in [-0.3, -0.25) is 19.9 Å². The fraction of sp³-hybridized carbons (Fsp3) is 0.409. The summed E-state index contributed by atoms with van der Waals surface area (Å²) in [7, 11) is 0. The number of amidine groups is 2. The molecule has 0 saturated carbocycles. The Hall–Kier alpha value is -3.57. The standard InChI is InChI=1S/C22H31N9O2/c1-3-4-9-33-15(2)29-21-19(20(23)24)30-22(32)31(21)14-18-13-27-17(12-28-18)11-26-10-16-5-7-25-8-6-16/h5-8,12-13,15,26H,3-4,9-11,14,23-24H2,1-2H3,(H,30,32)/b29-21+. The van der Waals surface area contributed by atoms with E-state index in [0.717, 1.165) is 24.1 Å². The van der Waals surface area contributed by atoms with Crippen molar-refractivity contribution in [1.82, 2.24) is 25.2 Å². The Kier molecular flexibility index (Phi) is 8.67. The van der Waals surface area contributed by atoms with Crippen LogP contribution in [-0.2, 0) is 24.4 Å². The van der Waals surface area contributed by atoms with Gasteiger partial charge in [-0.1, -0.05) is 13.3 Å². The van der Waals surface area contributed by atoms with E-state index >= 15 is 0 Å². The van der Waals surface area contributed by atoms with Gasteiger partial charge in [0.2, 0.25) is 0 Å². The number of nitrogens with two attached hydrogens (primary N) is 2. The van der Waals surface area contributed by atoms with Gasteiger partial charge in [-0.05, 0) is 31.0 Å². The first kappa shape index (κ1) is 24.1. The maximum absolute atomic E-state index is 10.4. The second-order valence-electron chi connectivity index (χ2n) is 7.54. The van der Waals surface area contributed by atoms with Crippen LogP contribution in [0.4, 0.5) is 0 Å². The van der Waals surface area contributed by atoms with Crippen LogP contribution in [0.15, 0.2) is 58.4 Å². The lowest BCUT2D eigenvalue weighted by Crippen LogP contribution is -2.34. The number of aliphatic hydroxyl groups is 1. The molecule has 11 heteroatoms. The highest BCUT2D eigenvalue weighted by Gasteiger charge is 2.31. The molecule has 1 atom stereocenters. The van der Waals surface area contributed by atoms with E-state index in [0.29, 0.717) is 31.2 Å². The molecule has 0 fully saturated rings. The molecule has 1 aliphatic heterocycles. The third-order valence-corrected chi connectivity index (χ3v) is 4.82. The summed E-state index contributed by atoms with van der Waals surface area (Å²) >= 11 is 0. The average Bonchev–Trinajstić information content (AvgIpc) is 3.11. The van der Waals surface area contributed by atoms with Gasteiger partial charge in [0.05, 0.1) is 30.3 Å². The van der Waals surface area contributed by atoms with Crippen LogP contribution < -0.4 is 16.8 Å². The summed E-state index contributed by atoms with van der Waals surface area (Å²) in [5, 5.41) is 13.7. The molecule has 3 rings (SSSR count). The Bertz CT molecular complexity index is 987. The van der Waals surface area contributed by atoms with Crippen LogP contribution in [-0.4, -0.2) is 49.7 Å². The Morgan fingerprint density at radius 1 is 1.18 bits per heavy atom. The van der Waals surface area contributed by atoms with Gasteiger partial charge < -0.3 is 26.6 Å². The van der Waals surface area contributed by atoms with Gasteiger partial charge >= 0.3 is 0 Å². The average molecular weight is 454 g/mol. The van der Waals surface area contributed by atoms with Crippen LogP contribution in [0.3, 0.4) is 0 Å². The minimum absolute atomic E-state index is 0.0368. The zero-order chi connectivity index (χ0) is 23.6. The van der Waals surface area contributed by atoms with Gasteiger partial charge in [-0.2, -0.15) is 4.99 Å². The number of ether oxygens (including phenoxy) is 1. The maximum atomic E-state index is 10.4. The number of aromatic nitrogens is 3. The number of nitrogens with zero attached hydrogens (tertiary/aromatic N) is 6. The van der Waals surface area contributed by atoms with Crippen molar-refractivity contribution in [2.24, 2.45) is 21.5 Å². The highest BCUT2D eigenvalue weighted by molar-refractivity contribution is 6.12. The lowest BCUT2D eigenvalue weighted by Gasteiger charge is -2.19. The molecule has 0 aromatic carbocycles. The van der Waals surface area contributed by atoms with Crippen LogP contribution >= 0.6 is 0 Å². The number of aliphatic hydroxyl groups excluding tert-OH is 1. The van der Waals surface area contributed by atoms with Crippen molar-refractivity contribution in [2.75, 3.05) is 6.61 Å². The van der Waals surface area contributed by atoms with E-state index in [4.69, 9.17) is 16.2 Å². The summed E-state index contributed by atoms with van der Waals surface area (Å²) < 4.78 is 5.70. The Morgan fingerprint density at radius 3 is 2.58 bits per heavy atom. The third-order valence-electron chi connectivity index (χ3n) is 4.82. The molecule has 0 saturated heterocycles. The Morgan fingerprint density at radius 2 is 1.91 bits per heavy atom. The number of nitrogens with one attached hydrogen (secondary N) is 1. The van der Waals surface area contributed by atoms with Crippen molar-refractivity contribution in [1.29, 1.82) is 0 Å². The Labute approximate surface area is 193 Å². The van der Waals surface area contributed by atoms with E-state index < -0.39 is 6.23 Å². The molecule has 0 aliphatic carbocycles. The largest absolute Gasteiger partial charge is 0.480 e. The van der Waals surface area contributed by atoms with Gasteiger partial charge in [0, 0.05) is 32.1 Å².